The molecule has 9 aromatic rings. The molecule has 0 amide bonds. The minimum Gasteiger partial charge on any atom is -0.495 e. The molecular formula is C83H117Br2ClN18O8P2S. The lowest BCUT2D eigenvalue weighted by Crippen LogP contribution is -2.52. The van der Waals surface area contributed by atoms with Crippen molar-refractivity contribution < 1.29 is 36.7 Å². The molecule has 115 heavy (non-hydrogen) atoms. The number of piperazine rings is 2. The molecule has 0 saturated carbocycles. The minimum atomic E-state index is -4.02. The van der Waals surface area contributed by atoms with Gasteiger partial charge in [-0.1, -0.05) is 57.0 Å². The monoisotopic (exact) mass is 1780 g/mol. The molecule has 32 heteroatoms. The summed E-state index contributed by atoms with van der Waals surface area (Å²) < 4.78 is 72.4. The van der Waals surface area contributed by atoms with E-state index < -0.39 is 24.4 Å². The number of nitrogen functional groups attached to an aromatic ring is 1. The summed E-state index contributed by atoms with van der Waals surface area (Å²) in [5.41, 5.74) is 19.1. The van der Waals surface area contributed by atoms with E-state index in [1.807, 2.05) is 84.4 Å². The number of ether oxygens (including phenoxy) is 2. The smallest absolute Gasteiger partial charge is 0.294 e. The Morgan fingerprint density at radius 1 is 0.565 bits per heavy atom. The number of aryl methyl sites for hydroxylation is 5. The van der Waals surface area contributed by atoms with Crippen molar-refractivity contribution in [2.45, 2.75) is 123 Å². The molecule has 4 aliphatic heterocycles. The lowest BCUT2D eigenvalue weighted by molar-refractivity contribution is 0.0982. The highest BCUT2D eigenvalue weighted by Gasteiger charge is 2.31. The molecular weight excluding hydrogens is 1670 g/mol. The van der Waals surface area contributed by atoms with Gasteiger partial charge in [0.15, 0.2) is 0 Å². The molecule has 4 aliphatic rings. The third-order valence-corrected chi connectivity index (χ3v) is 26.4. The van der Waals surface area contributed by atoms with E-state index in [0.29, 0.717) is 39.2 Å². The molecule has 7 N–H and O–H groups in total. The van der Waals surface area contributed by atoms with Crippen LogP contribution in [0.25, 0.3) is 22.3 Å². The van der Waals surface area contributed by atoms with Crippen molar-refractivity contribution >= 4 is 130 Å². The first-order chi connectivity index (χ1) is 54.9. The van der Waals surface area contributed by atoms with Crippen molar-refractivity contribution in [1.82, 2.24) is 59.1 Å². The zero-order valence-electron chi connectivity index (χ0n) is 69.1. The summed E-state index contributed by atoms with van der Waals surface area (Å²) in [6.07, 6.45) is 19.7. The number of nitrogens with zero attached hydrogens (tertiary/aromatic N) is 14. The minimum absolute atomic E-state index is 0.0666. The zero-order valence-corrected chi connectivity index (χ0v) is 75.6. The van der Waals surface area contributed by atoms with E-state index in [9.17, 15) is 17.5 Å². The first-order valence-electron chi connectivity index (χ1n) is 39.5. The molecule has 8 heterocycles. The van der Waals surface area contributed by atoms with Crippen LogP contribution >= 0.6 is 57.7 Å². The second-order valence-corrected chi connectivity index (χ2v) is 39.9. The first kappa shape index (κ1) is 91.4. The molecule has 5 aromatic carbocycles. The molecule has 0 spiro atoms. The van der Waals surface area contributed by atoms with Crippen LogP contribution in [-0.2, 0) is 45.2 Å². The maximum absolute atomic E-state index is 13.5. The van der Waals surface area contributed by atoms with Gasteiger partial charge in [-0.15, -0.1) is 0 Å². The molecule has 0 bridgehead atoms. The zero-order chi connectivity index (χ0) is 83.3. The Hall–Kier alpha value is -7.50. The highest BCUT2D eigenvalue weighted by atomic mass is 79.9. The van der Waals surface area contributed by atoms with Crippen molar-refractivity contribution in [2.75, 3.05) is 172 Å². The number of aliphatic hydroxyl groups excluding tert-OH is 1. The van der Waals surface area contributed by atoms with Crippen LogP contribution in [0.1, 0.15) is 89.8 Å². The predicted molar refractivity (Wildman–Crippen MR) is 480 cm³/mol. The van der Waals surface area contributed by atoms with Crippen LogP contribution in [0.2, 0.25) is 5.28 Å². The Balaban J connectivity index is 0.000000192. The fourth-order valence-electron chi connectivity index (χ4n) is 14.3. The van der Waals surface area contributed by atoms with E-state index >= 15 is 0 Å². The average Bonchev–Trinajstić information content (AvgIpc) is 1.03. The van der Waals surface area contributed by atoms with Crippen LogP contribution in [0.5, 0.6) is 11.5 Å². The number of nitrogens with two attached hydrogens (primary N) is 1. The molecule has 0 atom stereocenters. The summed E-state index contributed by atoms with van der Waals surface area (Å²) in [5.74, 6) is 3.05. The fourth-order valence-corrected chi connectivity index (χ4v) is 17.8. The highest BCUT2D eigenvalue weighted by molar-refractivity contribution is 9.11. The second kappa shape index (κ2) is 42.8. The summed E-state index contributed by atoms with van der Waals surface area (Å²) in [5, 5.41) is 28.5. The van der Waals surface area contributed by atoms with Gasteiger partial charge in [-0.25, -0.2) is 9.97 Å². The number of aliphatic hydroxyl groups is 1. The Labute approximate surface area is 702 Å². The van der Waals surface area contributed by atoms with E-state index in [0.717, 1.165) is 157 Å². The lowest BCUT2D eigenvalue weighted by atomic mass is 9.99. The standard InChI is InChI=1S/C36H49BrN9O2P.C19H32N4O.C17H18BrClN5OP.C7H8O3S.C4H10O/c1-7-25-19-31(33(48-4)21-32(25)45-13-11-28(12-14-45)44-17-15-43(3)16-18-44)41-36-38-23-29(37)35(42-36)40-30-10-9-26(20-34(30)49(5,6)47)27-22-39-46(8-2)24-27;1-4-15-13-17(20)19(24-3)14-18(15)23-7-5-16(6-8-23)22-11-9-21(2)10-12-22;1-4-24-10-12(8-21-24)11-5-6-14(15(7-11)26(2,3)25)22-16-13(18)9-20-17(19)23-16;1-6-2-4-7(5-3-6)11(8,9)10;1-2-3-4-5/h9-10,19-24,28H,7-8,11-18H2,1-6H3,(H2,38,40,41,42);13-14,16H,4-12,20H2,1-3H3;5-10H,4H2,1-3H3,(H,20,22,23);2-5H,1H3,(H,8,9,10);5H,2-4H2,1H3. The summed E-state index contributed by atoms with van der Waals surface area (Å²) >= 11 is 12.9. The number of methoxy groups -OCH3 is 2. The van der Waals surface area contributed by atoms with Gasteiger partial charge in [0.25, 0.3) is 10.1 Å². The van der Waals surface area contributed by atoms with E-state index in [1.54, 1.807) is 65.4 Å². The number of aromatic nitrogens is 8. The maximum Gasteiger partial charge on any atom is 0.294 e. The van der Waals surface area contributed by atoms with Crippen LogP contribution in [0.3, 0.4) is 0 Å². The molecule has 624 valence electrons. The van der Waals surface area contributed by atoms with Gasteiger partial charge in [-0.05, 0) is 221 Å². The van der Waals surface area contributed by atoms with Gasteiger partial charge in [-0.2, -0.15) is 28.6 Å². The van der Waals surface area contributed by atoms with Crippen LogP contribution in [0, 0.1) is 6.92 Å². The fraction of sp³-hybridized carbons (Fsp3) is 0.470. The maximum atomic E-state index is 13.5. The van der Waals surface area contributed by atoms with Crippen LogP contribution in [0.15, 0.2) is 136 Å². The van der Waals surface area contributed by atoms with Gasteiger partial charge < -0.3 is 65.0 Å². The summed E-state index contributed by atoms with van der Waals surface area (Å²) in [6.45, 7) is 35.2. The number of benzene rings is 5. The largest absolute Gasteiger partial charge is 0.495 e. The molecule has 0 aliphatic carbocycles. The predicted octanol–water partition coefficient (Wildman–Crippen LogP) is 15.5. The molecule has 4 aromatic heterocycles. The lowest BCUT2D eigenvalue weighted by Gasteiger charge is -2.43. The van der Waals surface area contributed by atoms with E-state index in [1.165, 1.54) is 99.6 Å². The summed E-state index contributed by atoms with van der Waals surface area (Å²) in [7, 11) is -1.39. The summed E-state index contributed by atoms with van der Waals surface area (Å²) in [6, 6.07) is 27.7. The quantitative estimate of drug-likeness (QED) is 0.0150. The topological polar surface area (TPSA) is 296 Å². The Kier molecular flexibility index (Phi) is 34.0. The van der Waals surface area contributed by atoms with E-state index in [-0.39, 0.29) is 10.2 Å². The van der Waals surface area contributed by atoms with Crippen molar-refractivity contribution in [3.05, 3.63) is 153 Å². The number of hydrogen-bond acceptors (Lipinski definition) is 23. The third-order valence-electron chi connectivity index (χ3n) is 21.1. The number of nitrogens with one attached hydrogen (secondary N) is 3. The Morgan fingerprint density at radius 2 is 1.01 bits per heavy atom. The second-order valence-electron chi connectivity index (χ2n) is 30.0. The van der Waals surface area contributed by atoms with Gasteiger partial charge >= 0.3 is 0 Å². The molecule has 0 unspecified atom stereocenters. The molecule has 0 radical (unpaired) electrons. The van der Waals surface area contributed by atoms with Crippen molar-refractivity contribution in [3.8, 4) is 33.8 Å². The summed E-state index contributed by atoms with van der Waals surface area (Å²) in [4.78, 5) is 32.7. The van der Waals surface area contributed by atoms with Gasteiger partial charge in [0.1, 0.15) is 37.4 Å². The number of piperidine rings is 2. The molecule has 4 saturated heterocycles. The number of halogens is 3. The number of unbranched alkanes of at least 4 members (excludes halogenated alkanes) is 1. The Morgan fingerprint density at radius 3 is 1.41 bits per heavy atom. The van der Waals surface area contributed by atoms with Crippen molar-refractivity contribution in [3.63, 3.8) is 0 Å². The van der Waals surface area contributed by atoms with Gasteiger partial charge in [0.05, 0.1) is 63.2 Å². The highest BCUT2D eigenvalue weighted by Crippen LogP contribution is 2.44. The Bertz CT molecular complexity index is 4870. The third kappa shape index (κ3) is 25.8. The first-order valence-corrected chi connectivity index (χ1v) is 48.1. The van der Waals surface area contributed by atoms with E-state index in [4.69, 9.17) is 41.5 Å². The van der Waals surface area contributed by atoms with Gasteiger partial charge in [0, 0.05) is 180 Å². The van der Waals surface area contributed by atoms with Gasteiger partial charge in [0.2, 0.25) is 11.2 Å². The number of anilines is 9. The number of hydrogen-bond donors (Lipinski definition) is 6. The van der Waals surface area contributed by atoms with E-state index in [2.05, 4.69) is 168 Å². The normalized spacial score (nSPS) is 15.6. The number of rotatable bonds is 23. The molecule has 13 rings (SSSR count). The molecule has 26 nitrogen and oxygen atoms in total. The van der Waals surface area contributed by atoms with Crippen molar-refractivity contribution in [1.29, 1.82) is 0 Å². The van der Waals surface area contributed by atoms with Crippen molar-refractivity contribution in [2.24, 2.45) is 0 Å². The average molecular weight is 1780 g/mol. The molecule has 4 fully saturated rings. The van der Waals surface area contributed by atoms with Crippen LogP contribution in [0.4, 0.5) is 51.7 Å². The van der Waals surface area contributed by atoms with Crippen LogP contribution in [-0.4, -0.2) is 229 Å². The van der Waals surface area contributed by atoms with Crippen LogP contribution < -0.4 is 51.6 Å². The SMILES string of the molecule is CCCCO.CCc1cc(N)c(OC)cc1N1CCC(N2CCN(C)CC2)CC1.CCc1cc(Nc2ncc(Br)c(Nc3ccc(-c4cnn(CC)c4)cc3P(C)(C)=O)n2)c(OC)cc1N1CCC(N2CCN(C)CC2)CC1.CCn1cc(-c2ccc(Nc3nc(Cl)ncc3Br)c(P(C)(C)=O)c2)cn1.Cc1ccc(S(=O)(=O)O)cc1. The number of likely N-dealkylation sites (N-methyl/N-ethyl adjacent to an activating group) is 2. The van der Waals surface area contributed by atoms with Gasteiger partial charge in [-0.3, -0.25) is 23.7 Å².